The molecule has 0 atom stereocenters. The largest absolute Gasteiger partial charge is 0.497 e. The molecule has 16 rings (SSSR count). The minimum atomic E-state index is -3.94. The lowest BCUT2D eigenvalue weighted by molar-refractivity contribution is -0.121. The molecule has 0 spiro atoms. The summed E-state index contributed by atoms with van der Waals surface area (Å²) in [5.41, 5.74) is 12.9. The molecule has 0 saturated heterocycles. The summed E-state index contributed by atoms with van der Waals surface area (Å²) < 4.78 is 93.6. The van der Waals surface area contributed by atoms with Crippen molar-refractivity contribution in [3.8, 4) is 78.6 Å². The number of sulfonamides is 2. The van der Waals surface area contributed by atoms with Gasteiger partial charge in [0.05, 0.1) is 69.6 Å². The highest BCUT2D eigenvalue weighted by Gasteiger charge is 2.24. The fourth-order valence-electron chi connectivity index (χ4n) is 12.6. The molecule has 4 N–H and O–H groups in total. The van der Waals surface area contributed by atoms with E-state index in [1.807, 2.05) is 256 Å². The van der Waals surface area contributed by atoms with Gasteiger partial charge < -0.3 is 24.8 Å². The molecule has 11 aromatic carbocycles. The van der Waals surface area contributed by atoms with Crippen LogP contribution in [0.25, 0.3) is 67.1 Å². The zero-order chi connectivity index (χ0) is 85.5. The Labute approximate surface area is 721 Å². The lowest BCUT2D eigenvalue weighted by atomic mass is 10.1. The average molecular weight is 1720 g/mol. The molecule has 2 amide bonds. The van der Waals surface area contributed by atoms with Crippen molar-refractivity contribution in [2.75, 3.05) is 40.9 Å². The summed E-state index contributed by atoms with van der Waals surface area (Å²) in [5.74, 6) is 2.03. The monoisotopic (exact) mass is 1720 g/mol. The number of anilines is 4. The molecule has 0 fully saturated rings. The van der Waals surface area contributed by atoms with Crippen molar-refractivity contribution in [2.24, 2.45) is 0 Å². The number of aromatic nitrogens is 8. The predicted molar refractivity (Wildman–Crippen MR) is 483 cm³/mol. The number of benzene rings is 11. The molecule has 0 saturated carbocycles. The van der Waals surface area contributed by atoms with Crippen molar-refractivity contribution in [3.63, 3.8) is 0 Å². The summed E-state index contributed by atoms with van der Waals surface area (Å²) in [6, 6.07) is 96.4. The van der Waals surface area contributed by atoms with E-state index in [0.29, 0.717) is 51.1 Å². The Morgan fingerprint density at radius 3 is 1.46 bits per heavy atom. The van der Waals surface area contributed by atoms with Gasteiger partial charge in [0.15, 0.2) is 0 Å². The van der Waals surface area contributed by atoms with Crippen LogP contribution in [0.3, 0.4) is 0 Å². The molecule has 0 radical (unpaired) electrons. The van der Waals surface area contributed by atoms with E-state index >= 15 is 0 Å². The van der Waals surface area contributed by atoms with Crippen LogP contribution in [0.2, 0.25) is 10.0 Å². The van der Waals surface area contributed by atoms with Crippen molar-refractivity contribution < 1.29 is 45.0 Å². The van der Waals surface area contributed by atoms with Crippen LogP contribution < -0.4 is 29.6 Å². The standard InChI is InChI=1S/C26H23Cl2N3O.C26H25N3O3.C22H18FN3O3S.C21H19N3O2S2/c1-2-3-4-18-5-7-20(8-6-18)26(32)29-25-17-24(19-9-11-21(27)12-10-19)30-31(25)23-15-13-22(28)14-16-23;1-19-8-6-7-11-24(19)29-25(16-23(28-29)21-12-14-22(31-2)15-13-21)27-26(30)18-32-17-20-9-4-3-5-10-20;1-29-17-11-13-18(14-12-17)30(27,28)25-22-15-20(16-7-3-2-4-8-16)24-26(22)21-10-6-5-9-19(21)23;1-2-16-10-12-18(13-11-16)28(25,26)23-21-15-19(20-9-6-14-27-20)22-24(21)17-7-4-3-5-8-17/h5-17H,2-4H2,1H3,(H,29,32);3-16H,17-18H2,1-2H3,(H,27,30);2-15,25H,1H3;3-15,23H,2H2,1H3. The minimum Gasteiger partial charge on any atom is -0.497 e. The van der Waals surface area contributed by atoms with Crippen LogP contribution in [-0.4, -0.2) is 88.6 Å². The number of unbranched alkanes of at least 4 members (excludes halogenated alkanes) is 1. The fraction of sp³-hybridized carbons (Fsp3) is 0.116. The van der Waals surface area contributed by atoms with Gasteiger partial charge in [-0.1, -0.05) is 195 Å². The zero-order valence-corrected chi connectivity index (χ0v) is 71.0. The molecule has 5 aromatic heterocycles. The number of halogens is 3. The first-order chi connectivity index (χ1) is 59.2. The molecule has 0 bridgehead atoms. The number of para-hydroxylation sites is 3. The van der Waals surface area contributed by atoms with Crippen LogP contribution in [0.15, 0.2) is 337 Å². The first-order valence-electron chi connectivity index (χ1n) is 38.8. The maximum atomic E-state index is 14.5. The summed E-state index contributed by atoms with van der Waals surface area (Å²) in [6.45, 7) is 6.54. The summed E-state index contributed by atoms with van der Waals surface area (Å²) >= 11 is 13.6. The number of methoxy groups -OCH3 is 2. The molecule has 0 aliphatic heterocycles. The Morgan fingerprint density at radius 2 is 0.893 bits per heavy atom. The van der Waals surface area contributed by atoms with Crippen LogP contribution in [-0.2, 0) is 49.0 Å². The van der Waals surface area contributed by atoms with Gasteiger partial charge in [0.1, 0.15) is 58.6 Å². The molecule has 618 valence electrons. The Morgan fingerprint density at radius 1 is 0.443 bits per heavy atom. The van der Waals surface area contributed by atoms with Crippen LogP contribution >= 0.6 is 34.5 Å². The quantitative estimate of drug-likeness (QED) is 0.0374. The fourth-order valence-corrected chi connectivity index (χ4v) is 15.6. The third-order valence-corrected chi connectivity index (χ3v) is 23.2. The van der Waals surface area contributed by atoms with E-state index in [1.165, 1.54) is 41.6 Å². The van der Waals surface area contributed by atoms with E-state index in [2.05, 4.69) is 37.2 Å². The van der Waals surface area contributed by atoms with Crippen molar-refractivity contribution >= 4 is 89.7 Å². The highest BCUT2D eigenvalue weighted by Crippen LogP contribution is 2.34. The van der Waals surface area contributed by atoms with E-state index < -0.39 is 25.9 Å². The molecule has 0 aliphatic rings. The van der Waals surface area contributed by atoms with Crippen molar-refractivity contribution in [1.82, 2.24) is 39.1 Å². The van der Waals surface area contributed by atoms with Gasteiger partial charge in [0.25, 0.3) is 31.9 Å². The number of nitrogens with one attached hydrogen (secondary N) is 4. The number of hydrogen-bond donors (Lipinski definition) is 4. The van der Waals surface area contributed by atoms with Crippen molar-refractivity contribution in [2.45, 2.75) is 62.9 Å². The van der Waals surface area contributed by atoms with Gasteiger partial charge >= 0.3 is 0 Å². The SMILES string of the molecule is CCCCc1ccc(C(=O)Nc2cc(-c3ccc(Cl)cc3)nn2-c2ccc(Cl)cc2)cc1.CCc1ccc(S(=O)(=O)Nc2cc(-c3cccs3)nn2-c2ccccc2)cc1.COc1ccc(-c2cc(NC(=O)COCc3ccccc3)n(-c3ccccc3C)n2)cc1.COc1ccc(S(=O)(=O)Nc2cc(-c3ccccc3)nn2-c2ccccc2F)cc1. The summed E-state index contributed by atoms with van der Waals surface area (Å²) in [5, 5.41) is 27.8. The minimum absolute atomic E-state index is 0.0471. The maximum absolute atomic E-state index is 14.5. The van der Waals surface area contributed by atoms with E-state index in [-0.39, 0.29) is 39.7 Å². The topological polar surface area (TPSA) is 250 Å². The number of amides is 2. The van der Waals surface area contributed by atoms with Gasteiger partial charge in [-0.2, -0.15) is 20.4 Å². The van der Waals surface area contributed by atoms with E-state index in [4.69, 9.17) is 47.6 Å². The smallest absolute Gasteiger partial charge is 0.263 e. The number of aryl methyl sites for hydroxylation is 3. The average Bonchev–Trinajstić information content (AvgIpc) is 1.68. The van der Waals surface area contributed by atoms with Crippen LogP contribution in [0, 0.1) is 12.7 Å². The Hall–Kier alpha value is -13.5. The number of ether oxygens (including phenoxy) is 3. The first kappa shape index (κ1) is 86.3. The number of carbonyl (C=O) groups excluding carboxylic acids is 2. The molecular formula is C95H85Cl2FN12O9S3. The van der Waals surface area contributed by atoms with Gasteiger partial charge in [-0.3, -0.25) is 19.0 Å². The molecule has 21 nitrogen and oxygen atoms in total. The highest BCUT2D eigenvalue weighted by molar-refractivity contribution is 7.93. The molecular weight excluding hydrogens is 1640 g/mol. The number of thiophene rings is 1. The summed E-state index contributed by atoms with van der Waals surface area (Å²) in [7, 11) is -4.54. The zero-order valence-electron chi connectivity index (χ0n) is 67.0. The van der Waals surface area contributed by atoms with Gasteiger partial charge in [-0.05, 0) is 199 Å². The lowest BCUT2D eigenvalue weighted by Gasteiger charge is -2.11. The second-order valence-electron chi connectivity index (χ2n) is 27.6. The second kappa shape index (κ2) is 41.0. The predicted octanol–water partition coefficient (Wildman–Crippen LogP) is 21.9. The molecule has 0 unspecified atom stereocenters. The summed E-state index contributed by atoms with van der Waals surface area (Å²) in [6.07, 6.45) is 4.16. The van der Waals surface area contributed by atoms with Gasteiger partial charge in [-0.15, -0.1) is 11.3 Å². The van der Waals surface area contributed by atoms with Gasteiger partial charge in [0, 0.05) is 56.6 Å². The number of hydrogen-bond acceptors (Lipinski definition) is 14. The Kier molecular flexibility index (Phi) is 29.0. The van der Waals surface area contributed by atoms with E-state index in [9.17, 15) is 30.8 Å². The Bertz CT molecular complexity index is 6390. The number of nitrogens with zero attached hydrogens (tertiary/aromatic N) is 8. The molecule has 27 heteroatoms. The maximum Gasteiger partial charge on any atom is 0.263 e. The van der Waals surface area contributed by atoms with Crippen LogP contribution in [0.4, 0.5) is 27.7 Å². The second-order valence-corrected chi connectivity index (χ2v) is 32.8. The van der Waals surface area contributed by atoms with Crippen LogP contribution in [0.1, 0.15) is 59.3 Å². The first-order valence-corrected chi connectivity index (χ1v) is 43.4. The van der Waals surface area contributed by atoms with Crippen LogP contribution in [0.5, 0.6) is 11.5 Å². The van der Waals surface area contributed by atoms with Crippen molar-refractivity contribution in [3.05, 3.63) is 371 Å². The molecule has 0 aliphatic carbocycles. The van der Waals surface area contributed by atoms with Gasteiger partial charge in [0.2, 0.25) is 0 Å². The molecule has 5 heterocycles. The Balaban J connectivity index is 0.000000140. The normalized spacial score (nSPS) is 11.0. The van der Waals surface area contributed by atoms with E-state index in [0.717, 1.165) is 104 Å². The van der Waals surface area contributed by atoms with Crippen molar-refractivity contribution in [1.29, 1.82) is 0 Å². The third kappa shape index (κ3) is 22.5. The molecule has 16 aromatic rings. The summed E-state index contributed by atoms with van der Waals surface area (Å²) in [4.78, 5) is 26.8. The number of carbonyl (C=O) groups is 2. The lowest BCUT2D eigenvalue weighted by Crippen LogP contribution is -2.20. The number of rotatable bonds is 27. The third-order valence-electron chi connectivity index (χ3n) is 19.1. The molecule has 122 heavy (non-hydrogen) atoms. The highest BCUT2D eigenvalue weighted by atomic mass is 35.5. The van der Waals surface area contributed by atoms with Gasteiger partial charge in [-0.25, -0.2) is 40.0 Å². The van der Waals surface area contributed by atoms with E-state index in [1.54, 1.807) is 93.2 Å².